The zero-order valence-corrected chi connectivity index (χ0v) is 6.48. The number of carbonyl (C=O) groups excluding carboxylic acids is 1. The van der Waals surface area contributed by atoms with Crippen molar-refractivity contribution in [3.05, 3.63) is 24.4 Å². The van der Waals surface area contributed by atoms with Crippen molar-refractivity contribution in [2.24, 2.45) is 0 Å². The minimum atomic E-state index is -0.144. The average molecular weight is 139 g/mol. The average Bonchev–Trinajstić information content (AvgIpc) is 1.99. The van der Waals surface area contributed by atoms with Gasteiger partial charge in [-0.05, 0) is 19.4 Å². The third-order valence-corrected chi connectivity index (χ3v) is 1.20. The van der Waals surface area contributed by atoms with Crippen molar-refractivity contribution in [1.29, 1.82) is 0 Å². The summed E-state index contributed by atoms with van der Waals surface area (Å²) in [4.78, 5) is 10.7. The van der Waals surface area contributed by atoms with Crippen LogP contribution in [0.2, 0.25) is 0 Å². The Morgan fingerprint density at radius 1 is 1.70 bits per heavy atom. The predicted octanol–water partition coefficient (Wildman–Crippen LogP) is 1.60. The van der Waals surface area contributed by atoms with Crippen LogP contribution in [0.15, 0.2) is 24.4 Å². The summed E-state index contributed by atoms with van der Waals surface area (Å²) >= 11 is 0. The highest BCUT2D eigenvalue weighted by Gasteiger charge is 1.94. The zero-order valence-electron chi connectivity index (χ0n) is 6.48. The molecule has 0 radical (unpaired) electrons. The van der Waals surface area contributed by atoms with Gasteiger partial charge in [0.15, 0.2) is 0 Å². The largest absolute Gasteiger partial charge is 0.327 e. The normalized spacial score (nSPS) is 10.8. The summed E-state index contributed by atoms with van der Waals surface area (Å²) in [7, 11) is 0. The minimum Gasteiger partial charge on any atom is -0.327 e. The lowest BCUT2D eigenvalue weighted by Gasteiger charge is -2.02. The monoisotopic (exact) mass is 139 g/mol. The molecule has 0 aromatic rings. The van der Waals surface area contributed by atoms with Gasteiger partial charge in [0, 0.05) is 5.70 Å². The maximum atomic E-state index is 10.7. The maximum absolute atomic E-state index is 10.7. The molecule has 0 saturated heterocycles. The smallest absolute Gasteiger partial charge is 0.247 e. The van der Waals surface area contributed by atoms with Gasteiger partial charge in [0.1, 0.15) is 0 Å². The summed E-state index contributed by atoms with van der Waals surface area (Å²) in [5, 5.41) is 2.67. The van der Waals surface area contributed by atoms with Gasteiger partial charge in [0.05, 0.1) is 0 Å². The number of carbonyl (C=O) groups is 1. The van der Waals surface area contributed by atoms with E-state index in [1.165, 1.54) is 6.08 Å². The molecule has 0 saturated carbocycles. The molecule has 0 aliphatic carbocycles. The number of hydrogen-bond donors (Lipinski definition) is 1. The molecule has 10 heavy (non-hydrogen) atoms. The van der Waals surface area contributed by atoms with E-state index in [4.69, 9.17) is 0 Å². The van der Waals surface area contributed by atoms with E-state index >= 15 is 0 Å². The lowest BCUT2D eigenvalue weighted by molar-refractivity contribution is -0.115. The third-order valence-electron chi connectivity index (χ3n) is 1.20. The minimum absolute atomic E-state index is 0.144. The fraction of sp³-hybridized carbons (Fsp3) is 0.375. The Morgan fingerprint density at radius 2 is 2.30 bits per heavy atom. The molecule has 0 aromatic carbocycles. The van der Waals surface area contributed by atoms with Gasteiger partial charge < -0.3 is 5.32 Å². The summed E-state index contributed by atoms with van der Waals surface area (Å²) in [5.74, 6) is -0.144. The fourth-order valence-electron chi connectivity index (χ4n) is 0.574. The Labute approximate surface area is 61.6 Å². The summed E-state index contributed by atoms with van der Waals surface area (Å²) in [6.07, 6.45) is 3.98. The molecule has 0 bridgehead atoms. The van der Waals surface area contributed by atoms with E-state index in [2.05, 4.69) is 11.9 Å². The first-order valence-electron chi connectivity index (χ1n) is 3.33. The molecule has 0 fully saturated rings. The molecule has 0 aliphatic rings. The van der Waals surface area contributed by atoms with Crippen molar-refractivity contribution in [3.8, 4) is 0 Å². The van der Waals surface area contributed by atoms with Crippen LogP contribution in [-0.4, -0.2) is 5.91 Å². The standard InChI is InChI=1S/C8H13NO/c1-4-7(5-2)9-8(10)6-3/h4,6H,3,5H2,1-2H3,(H,9,10). The summed E-state index contributed by atoms with van der Waals surface area (Å²) < 4.78 is 0. The van der Waals surface area contributed by atoms with Gasteiger partial charge >= 0.3 is 0 Å². The molecule has 0 spiro atoms. The van der Waals surface area contributed by atoms with Crippen LogP contribution in [0, 0.1) is 0 Å². The topological polar surface area (TPSA) is 29.1 Å². The SMILES string of the molecule is C=CC(=O)NC(=CC)CC. The van der Waals surface area contributed by atoms with Crippen molar-refractivity contribution in [2.45, 2.75) is 20.3 Å². The molecule has 0 heterocycles. The molecule has 0 rings (SSSR count). The van der Waals surface area contributed by atoms with Gasteiger partial charge in [-0.25, -0.2) is 0 Å². The first kappa shape index (κ1) is 8.95. The van der Waals surface area contributed by atoms with E-state index in [0.717, 1.165) is 12.1 Å². The van der Waals surface area contributed by atoms with E-state index in [-0.39, 0.29) is 5.91 Å². The van der Waals surface area contributed by atoms with Crippen LogP contribution in [0.1, 0.15) is 20.3 Å². The second kappa shape index (κ2) is 4.79. The Hall–Kier alpha value is -1.05. The van der Waals surface area contributed by atoms with Crippen LogP contribution in [0.5, 0.6) is 0 Å². The van der Waals surface area contributed by atoms with Crippen LogP contribution < -0.4 is 5.32 Å². The molecular formula is C8H13NO. The van der Waals surface area contributed by atoms with Gasteiger partial charge in [-0.1, -0.05) is 19.6 Å². The molecule has 1 amide bonds. The van der Waals surface area contributed by atoms with Crippen LogP contribution in [0.4, 0.5) is 0 Å². The Kier molecular flexibility index (Phi) is 4.29. The van der Waals surface area contributed by atoms with Crippen molar-refractivity contribution in [2.75, 3.05) is 0 Å². The van der Waals surface area contributed by atoms with Gasteiger partial charge in [0.25, 0.3) is 0 Å². The van der Waals surface area contributed by atoms with Crippen molar-refractivity contribution < 1.29 is 4.79 Å². The second-order valence-corrected chi connectivity index (χ2v) is 1.86. The Bertz CT molecular complexity index is 159. The van der Waals surface area contributed by atoms with Gasteiger partial charge in [-0.3, -0.25) is 4.79 Å². The number of rotatable bonds is 3. The molecule has 1 N–H and O–H groups in total. The quantitative estimate of drug-likeness (QED) is 0.591. The second-order valence-electron chi connectivity index (χ2n) is 1.86. The lowest BCUT2D eigenvalue weighted by atomic mass is 10.3. The lowest BCUT2D eigenvalue weighted by Crippen LogP contribution is -2.19. The molecular weight excluding hydrogens is 126 g/mol. The van der Waals surface area contributed by atoms with Gasteiger partial charge in [0.2, 0.25) is 5.91 Å². The van der Waals surface area contributed by atoms with Gasteiger partial charge in [-0.15, -0.1) is 0 Å². The molecule has 2 heteroatoms. The Morgan fingerprint density at radius 3 is 2.60 bits per heavy atom. The summed E-state index contributed by atoms with van der Waals surface area (Å²) in [6.45, 7) is 7.22. The molecule has 0 unspecified atom stereocenters. The van der Waals surface area contributed by atoms with E-state index in [1.54, 1.807) is 0 Å². The maximum Gasteiger partial charge on any atom is 0.247 e. The third kappa shape index (κ3) is 3.07. The molecule has 2 nitrogen and oxygen atoms in total. The van der Waals surface area contributed by atoms with Crippen LogP contribution in [-0.2, 0) is 4.79 Å². The Balaban J connectivity index is 3.87. The fourth-order valence-corrected chi connectivity index (χ4v) is 0.574. The van der Waals surface area contributed by atoms with Crippen LogP contribution >= 0.6 is 0 Å². The number of amides is 1. The zero-order chi connectivity index (χ0) is 7.98. The van der Waals surface area contributed by atoms with E-state index in [1.807, 2.05) is 19.9 Å². The molecule has 0 aliphatic heterocycles. The highest BCUT2D eigenvalue weighted by atomic mass is 16.1. The molecule has 0 atom stereocenters. The number of nitrogens with one attached hydrogen (secondary N) is 1. The van der Waals surface area contributed by atoms with Crippen LogP contribution in [0.3, 0.4) is 0 Å². The van der Waals surface area contributed by atoms with Crippen molar-refractivity contribution in [3.63, 3.8) is 0 Å². The van der Waals surface area contributed by atoms with Crippen molar-refractivity contribution >= 4 is 5.91 Å². The summed E-state index contributed by atoms with van der Waals surface area (Å²) in [6, 6.07) is 0. The first-order chi connectivity index (χ1) is 4.74. The van der Waals surface area contributed by atoms with Crippen LogP contribution in [0.25, 0.3) is 0 Å². The van der Waals surface area contributed by atoms with Crippen molar-refractivity contribution in [1.82, 2.24) is 5.32 Å². The summed E-state index contributed by atoms with van der Waals surface area (Å²) in [5.41, 5.74) is 0.935. The first-order valence-corrected chi connectivity index (χ1v) is 3.33. The predicted molar refractivity (Wildman–Crippen MR) is 42.4 cm³/mol. The van der Waals surface area contributed by atoms with E-state index < -0.39 is 0 Å². The highest BCUT2D eigenvalue weighted by Crippen LogP contribution is 1.93. The van der Waals surface area contributed by atoms with E-state index in [0.29, 0.717) is 0 Å². The number of allylic oxidation sites excluding steroid dienone is 2. The number of hydrogen-bond acceptors (Lipinski definition) is 1. The van der Waals surface area contributed by atoms with Gasteiger partial charge in [-0.2, -0.15) is 0 Å². The highest BCUT2D eigenvalue weighted by molar-refractivity contribution is 5.88. The molecule has 56 valence electrons. The van der Waals surface area contributed by atoms with E-state index in [9.17, 15) is 4.79 Å². The molecule has 0 aromatic heterocycles.